The Morgan fingerprint density at radius 2 is 1.56 bits per heavy atom. The van der Waals surface area contributed by atoms with Crippen molar-refractivity contribution in [1.82, 2.24) is 19.7 Å². The Kier molecular flexibility index (Phi) is 7.07. The number of nitrogens with one attached hydrogen (secondary N) is 2. The Morgan fingerprint density at radius 1 is 1.00 bits per heavy atom. The number of hydrogen-bond donors (Lipinski definition) is 2. The average molecular weight is 479 g/mol. The van der Waals surface area contributed by atoms with E-state index < -0.39 is 50.4 Å². The summed E-state index contributed by atoms with van der Waals surface area (Å²) in [6.45, 7) is 1.05. The highest BCUT2D eigenvalue weighted by Crippen LogP contribution is 2.31. The zero-order valence-corrected chi connectivity index (χ0v) is 17.7. The van der Waals surface area contributed by atoms with Crippen LogP contribution in [0.4, 0.5) is 23.9 Å². The van der Waals surface area contributed by atoms with Gasteiger partial charge in [0.15, 0.2) is 5.03 Å². The molecule has 0 saturated carbocycles. The maximum absolute atomic E-state index is 13.1. The summed E-state index contributed by atoms with van der Waals surface area (Å²) in [5.74, 6) is -1.81. The molecule has 2 aromatic rings. The number of aromatic nitrogens is 3. The Labute approximate surface area is 179 Å². The molecule has 2 aromatic heterocycles. The molecule has 32 heavy (non-hydrogen) atoms. The number of halogens is 3. The quantitative estimate of drug-likeness (QED) is 0.582. The summed E-state index contributed by atoms with van der Waals surface area (Å²) in [5.41, 5.74) is -2.76. The number of nitrogens with zero attached hydrogens (tertiary/aromatic N) is 3. The summed E-state index contributed by atoms with van der Waals surface area (Å²) in [4.78, 5) is 34.7. The molecule has 2 N–H and O–H groups in total. The van der Waals surface area contributed by atoms with Gasteiger partial charge in [0.2, 0.25) is 17.7 Å². The van der Waals surface area contributed by atoms with E-state index in [0.29, 0.717) is 6.07 Å². The molecule has 16 heteroatoms. The van der Waals surface area contributed by atoms with Crippen molar-refractivity contribution in [1.29, 1.82) is 0 Å². The van der Waals surface area contributed by atoms with Gasteiger partial charge in [-0.3, -0.25) is 5.32 Å². The first kappa shape index (κ1) is 24.6. The minimum absolute atomic E-state index is 0.0434. The number of hydrogen-bond acceptors (Lipinski definition) is 10. The summed E-state index contributed by atoms with van der Waals surface area (Å²) in [6.07, 6.45) is -5.03. The fourth-order valence-corrected chi connectivity index (χ4v) is 3.42. The van der Waals surface area contributed by atoms with Crippen LogP contribution in [0.5, 0.6) is 11.8 Å². The lowest BCUT2D eigenvalue weighted by Crippen LogP contribution is -2.36. The van der Waals surface area contributed by atoms with Gasteiger partial charge in [0.05, 0.1) is 27.4 Å². The lowest BCUT2D eigenvalue weighted by Gasteiger charge is -2.15. The Hall–Kier alpha value is -3.69. The third kappa shape index (κ3) is 5.51. The van der Waals surface area contributed by atoms with Crippen molar-refractivity contribution in [3.05, 3.63) is 29.0 Å². The molecular formula is C16H16F3N5O7S. The number of sulfonamides is 1. The number of alkyl halides is 3. The average Bonchev–Trinajstić information content (AvgIpc) is 2.70. The van der Waals surface area contributed by atoms with Crippen LogP contribution >= 0.6 is 0 Å². The predicted molar refractivity (Wildman–Crippen MR) is 99.8 cm³/mol. The molecule has 0 fully saturated rings. The van der Waals surface area contributed by atoms with E-state index in [1.54, 1.807) is 0 Å². The predicted octanol–water partition coefficient (Wildman–Crippen LogP) is 1.51. The molecule has 2 heterocycles. The number of esters is 1. The van der Waals surface area contributed by atoms with Gasteiger partial charge in [0.25, 0.3) is 10.0 Å². The second-order valence-corrected chi connectivity index (χ2v) is 7.43. The third-order valence-electron chi connectivity index (χ3n) is 3.67. The van der Waals surface area contributed by atoms with E-state index in [4.69, 9.17) is 9.47 Å². The third-order valence-corrected chi connectivity index (χ3v) is 4.93. The molecule has 174 valence electrons. The van der Waals surface area contributed by atoms with E-state index in [0.717, 1.165) is 14.0 Å². The second kappa shape index (κ2) is 9.21. The van der Waals surface area contributed by atoms with Crippen molar-refractivity contribution in [2.75, 3.05) is 26.6 Å². The van der Waals surface area contributed by atoms with Crippen LogP contribution in [-0.4, -0.2) is 56.7 Å². The highest BCUT2D eigenvalue weighted by Gasteiger charge is 2.37. The van der Waals surface area contributed by atoms with Crippen molar-refractivity contribution < 1.29 is 45.4 Å². The molecule has 0 atom stereocenters. The molecular weight excluding hydrogens is 463 g/mol. The smallest absolute Gasteiger partial charge is 0.433 e. The van der Waals surface area contributed by atoms with Crippen LogP contribution in [0.15, 0.2) is 17.2 Å². The lowest BCUT2D eigenvalue weighted by atomic mass is 10.1. The zero-order valence-electron chi connectivity index (χ0n) is 16.9. The lowest BCUT2D eigenvalue weighted by molar-refractivity contribution is -0.141. The van der Waals surface area contributed by atoms with Crippen LogP contribution in [-0.2, 0) is 20.9 Å². The molecule has 0 aliphatic carbocycles. The Morgan fingerprint density at radius 3 is 2.03 bits per heavy atom. The van der Waals surface area contributed by atoms with Gasteiger partial charge < -0.3 is 14.2 Å². The van der Waals surface area contributed by atoms with E-state index in [-0.39, 0.29) is 17.3 Å². The van der Waals surface area contributed by atoms with Crippen molar-refractivity contribution in [2.45, 2.75) is 18.1 Å². The van der Waals surface area contributed by atoms with Gasteiger partial charge in [-0.2, -0.15) is 31.6 Å². The van der Waals surface area contributed by atoms with Crippen LogP contribution in [0, 0.1) is 6.92 Å². The van der Waals surface area contributed by atoms with Crippen LogP contribution in [0.3, 0.4) is 0 Å². The van der Waals surface area contributed by atoms with E-state index in [9.17, 15) is 31.2 Å². The molecule has 12 nitrogen and oxygen atoms in total. The number of ether oxygens (including phenoxy) is 3. The van der Waals surface area contributed by atoms with E-state index in [1.165, 1.54) is 25.0 Å². The van der Waals surface area contributed by atoms with Gasteiger partial charge >= 0.3 is 18.2 Å². The van der Waals surface area contributed by atoms with E-state index in [1.807, 2.05) is 5.32 Å². The number of carbonyl (C=O) groups is 2. The van der Waals surface area contributed by atoms with Crippen LogP contribution in [0.25, 0.3) is 0 Å². The molecule has 0 radical (unpaired) electrons. The van der Waals surface area contributed by atoms with Crippen molar-refractivity contribution >= 4 is 28.0 Å². The van der Waals surface area contributed by atoms with Gasteiger partial charge in [0.1, 0.15) is 11.3 Å². The van der Waals surface area contributed by atoms with Crippen molar-refractivity contribution in [2.24, 2.45) is 0 Å². The number of methoxy groups -OCH3 is 3. The Bertz CT molecular complexity index is 1130. The Balaban J connectivity index is 2.46. The molecule has 2 rings (SSSR count). The number of anilines is 1. The SMILES string of the molecule is COC(=O)c1c(C)cc(C(F)(F)F)nc1S(=O)(=O)NC(=O)Nc1nc(OC)cc(OC)n1. The number of urea groups is 1. The van der Waals surface area contributed by atoms with Crippen LogP contribution < -0.4 is 19.5 Å². The summed E-state index contributed by atoms with van der Waals surface area (Å²) >= 11 is 0. The van der Waals surface area contributed by atoms with Gasteiger partial charge in [-0.15, -0.1) is 0 Å². The molecule has 0 aromatic carbocycles. The second-order valence-electron chi connectivity index (χ2n) is 5.83. The number of pyridine rings is 1. The maximum Gasteiger partial charge on any atom is 0.433 e. The summed E-state index contributed by atoms with van der Waals surface area (Å²) < 4.78 is 80.3. The maximum atomic E-state index is 13.1. The zero-order chi connectivity index (χ0) is 24.3. The first-order chi connectivity index (χ1) is 14.8. The normalized spacial score (nSPS) is 11.5. The summed E-state index contributed by atoms with van der Waals surface area (Å²) in [6, 6.07) is 0.271. The highest BCUT2D eigenvalue weighted by molar-refractivity contribution is 7.90. The highest BCUT2D eigenvalue weighted by atomic mass is 32.2. The van der Waals surface area contributed by atoms with Gasteiger partial charge in [-0.05, 0) is 18.6 Å². The van der Waals surface area contributed by atoms with Crippen LogP contribution in [0.2, 0.25) is 0 Å². The molecule has 0 bridgehead atoms. The molecule has 2 amide bonds. The minimum Gasteiger partial charge on any atom is -0.481 e. The van der Waals surface area contributed by atoms with Crippen molar-refractivity contribution in [3.8, 4) is 11.8 Å². The van der Waals surface area contributed by atoms with Gasteiger partial charge in [-0.25, -0.2) is 19.3 Å². The molecule has 0 aliphatic heterocycles. The van der Waals surface area contributed by atoms with Crippen molar-refractivity contribution in [3.63, 3.8) is 0 Å². The number of rotatable bonds is 6. The largest absolute Gasteiger partial charge is 0.481 e. The fourth-order valence-electron chi connectivity index (χ4n) is 2.30. The fraction of sp³-hybridized carbons (Fsp3) is 0.312. The summed E-state index contributed by atoms with van der Waals surface area (Å²) in [7, 11) is -1.69. The number of aryl methyl sites for hydroxylation is 1. The first-order valence-electron chi connectivity index (χ1n) is 8.30. The number of amides is 2. The first-order valence-corrected chi connectivity index (χ1v) is 9.78. The molecule has 0 unspecified atom stereocenters. The van der Waals surface area contributed by atoms with E-state index in [2.05, 4.69) is 19.7 Å². The molecule has 0 spiro atoms. The standard InChI is InChI=1S/C16H16F3N5O7S/c1-7-5-8(16(17,18)19)20-12(11(7)13(25)31-4)32(27,28)24-15(26)23-14-21-9(29-2)6-10(22-14)30-3/h5-6H,1-4H3,(H2,21,22,23,24,26). The van der Waals surface area contributed by atoms with Gasteiger partial charge in [0, 0.05) is 0 Å². The van der Waals surface area contributed by atoms with Crippen LogP contribution in [0.1, 0.15) is 21.6 Å². The molecule has 0 aliphatic rings. The monoisotopic (exact) mass is 479 g/mol. The summed E-state index contributed by atoms with van der Waals surface area (Å²) in [5, 5.41) is 0.611. The molecule has 0 saturated heterocycles. The topological polar surface area (TPSA) is 159 Å². The minimum atomic E-state index is -5.09. The van der Waals surface area contributed by atoms with Gasteiger partial charge in [-0.1, -0.05) is 0 Å². The number of carbonyl (C=O) groups excluding carboxylic acids is 2. The van der Waals surface area contributed by atoms with E-state index >= 15 is 0 Å².